The molecule has 0 heterocycles. The molecule has 15 heavy (non-hydrogen) atoms. The highest BCUT2D eigenvalue weighted by atomic mass is 16.4. The molecule has 3 N–H and O–H groups in total. The molecule has 2 unspecified atom stereocenters. The number of carboxylic acids is 1. The van der Waals surface area contributed by atoms with Crippen molar-refractivity contribution >= 4 is 11.9 Å². The first-order valence-corrected chi connectivity index (χ1v) is 5.03. The van der Waals surface area contributed by atoms with Crippen LogP contribution in [0.3, 0.4) is 0 Å². The van der Waals surface area contributed by atoms with Crippen LogP contribution in [-0.2, 0) is 9.59 Å². The van der Waals surface area contributed by atoms with Gasteiger partial charge in [0.05, 0.1) is 6.10 Å². The molecule has 0 aromatic heterocycles. The van der Waals surface area contributed by atoms with E-state index in [1.165, 1.54) is 6.92 Å². The predicted octanol–water partition coefficient (Wildman–Crippen LogP) is 0.230. The van der Waals surface area contributed by atoms with Gasteiger partial charge in [-0.1, -0.05) is 13.8 Å². The molecule has 5 nitrogen and oxygen atoms in total. The molecule has 0 radical (unpaired) electrons. The Morgan fingerprint density at radius 1 is 1.27 bits per heavy atom. The number of aliphatic hydroxyl groups excluding tert-OH is 1. The summed E-state index contributed by atoms with van der Waals surface area (Å²) in [5.41, 5.74) is 0. The minimum absolute atomic E-state index is 0.106. The van der Waals surface area contributed by atoms with Gasteiger partial charge in [0.25, 0.3) is 0 Å². The van der Waals surface area contributed by atoms with Gasteiger partial charge in [-0.3, -0.25) is 9.59 Å². The zero-order valence-corrected chi connectivity index (χ0v) is 9.36. The lowest BCUT2D eigenvalue weighted by Gasteiger charge is -2.14. The Balaban J connectivity index is 3.85. The standard InChI is InChI=1S/C10H19NO4/c1-6(2)4-8(12)5-11-9(13)7(3)10(14)15/h6-8,12H,4-5H2,1-3H3,(H,11,13)(H,14,15). The number of hydrogen-bond donors (Lipinski definition) is 3. The summed E-state index contributed by atoms with van der Waals surface area (Å²) in [6, 6.07) is 0. The van der Waals surface area contributed by atoms with Crippen molar-refractivity contribution in [2.24, 2.45) is 11.8 Å². The average Bonchev–Trinajstić information content (AvgIpc) is 2.11. The summed E-state index contributed by atoms with van der Waals surface area (Å²) in [6.45, 7) is 5.34. The number of carboxylic acid groups (broad SMARTS) is 1. The van der Waals surface area contributed by atoms with Crippen LogP contribution in [0.25, 0.3) is 0 Å². The second-order valence-corrected chi connectivity index (χ2v) is 4.09. The predicted molar refractivity (Wildman–Crippen MR) is 55.3 cm³/mol. The summed E-state index contributed by atoms with van der Waals surface area (Å²) in [7, 11) is 0. The Morgan fingerprint density at radius 2 is 1.80 bits per heavy atom. The highest BCUT2D eigenvalue weighted by Crippen LogP contribution is 2.03. The second kappa shape index (κ2) is 6.40. The first-order valence-electron chi connectivity index (χ1n) is 5.03. The van der Waals surface area contributed by atoms with E-state index < -0.39 is 23.9 Å². The van der Waals surface area contributed by atoms with E-state index in [0.29, 0.717) is 12.3 Å². The minimum atomic E-state index is -1.16. The molecule has 0 aliphatic rings. The van der Waals surface area contributed by atoms with Gasteiger partial charge < -0.3 is 15.5 Å². The van der Waals surface area contributed by atoms with E-state index in [1.807, 2.05) is 13.8 Å². The quantitative estimate of drug-likeness (QED) is 0.556. The molecule has 88 valence electrons. The summed E-state index contributed by atoms with van der Waals surface area (Å²) in [4.78, 5) is 21.6. The number of aliphatic carboxylic acids is 1. The van der Waals surface area contributed by atoms with Crippen LogP contribution in [0.15, 0.2) is 0 Å². The SMILES string of the molecule is CC(C)CC(O)CNC(=O)C(C)C(=O)O. The molecule has 2 atom stereocenters. The Morgan fingerprint density at radius 3 is 2.20 bits per heavy atom. The summed E-state index contributed by atoms with van der Waals surface area (Å²) in [6.07, 6.45) is -0.0307. The van der Waals surface area contributed by atoms with E-state index in [2.05, 4.69) is 5.32 Å². The third-order valence-corrected chi connectivity index (χ3v) is 2.02. The first-order chi connectivity index (χ1) is 6.84. The molecule has 0 fully saturated rings. The monoisotopic (exact) mass is 217 g/mol. The van der Waals surface area contributed by atoms with Crippen molar-refractivity contribution in [3.63, 3.8) is 0 Å². The van der Waals surface area contributed by atoms with Crippen LogP contribution in [0.4, 0.5) is 0 Å². The summed E-state index contributed by atoms with van der Waals surface area (Å²) in [5, 5.41) is 20.4. The minimum Gasteiger partial charge on any atom is -0.481 e. The molecule has 0 saturated carbocycles. The molecule has 0 rings (SSSR count). The maximum Gasteiger partial charge on any atom is 0.315 e. The maximum absolute atomic E-state index is 11.2. The molecule has 0 aromatic rings. The van der Waals surface area contributed by atoms with Gasteiger partial charge in [-0.2, -0.15) is 0 Å². The third kappa shape index (κ3) is 6.06. The van der Waals surface area contributed by atoms with Crippen molar-refractivity contribution in [3.8, 4) is 0 Å². The lowest BCUT2D eigenvalue weighted by molar-refractivity contribution is -0.146. The van der Waals surface area contributed by atoms with Crippen LogP contribution < -0.4 is 5.32 Å². The van der Waals surface area contributed by atoms with Gasteiger partial charge >= 0.3 is 5.97 Å². The largest absolute Gasteiger partial charge is 0.481 e. The van der Waals surface area contributed by atoms with Crippen molar-refractivity contribution < 1.29 is 19.8 Å². The Hall–Kier alpha value is -1.10. The fourth-order valence-corrected chi connectivity index (χ4v) is 1.11. The number of aliphatic hydroxyl groups is 1. The number of carbonyl (C=O) groups is 2. The fourth-order valence-electron chi connectivity index (χ4n) is 1.11. The van der Waals surface area contributed by atoms with E-state index in [0.717, 1.165) is 0 Å². The summed E-state index contributed by atoms with van der Waals surface area (Å²) >= 11 is 0. The Bertz CT molecular complexity index is 227. The zero-order valence-electron chi connectivity index (χ0n) is 9.36. The van der Waals surface area contributed by atoms with Gasteiger partial charge in [-0.05, 0) is 19.3 Å². The van der Waals surface area contributed by atoms with Gasteiger partial charge in [0.1, 0.15) is 5.92 Å². The van der Waals surface area contributed by atoms with Gasteiger partial charge in [0, 0.05) is 6.54 Å². The lowest BCUT2D eigenvalue weighted by atomic mass is 10.1. The summed E-state index contributed by atoms with van der Waals surface area (Å²) < 4.78 is 0. The van der Waals surface area contributed by atoms with Crippen LogP contribution >= 0.6 is 0 Å². The van der Waals surface area contributed by atoms with Crippen LogP contribution in [0.5, 0.6) is 0 Å². The van der Waals surface area contributed by atoms with E-state index in [9.17, 15) is 14.7 Å². The number of amides is 1. The van der Waals surface area contributed by atoms with E-state index >= 15 is 0 Å². The van der Waals surface area contributed by atoms with Crippen molar-refractivity contribution in [2.75, 3.05) is 6.54 Å². The van der Waals surface area contributed by atoms with Gasteiger partial charge in [-0.25, -0.2) is 0 Å². The second-order valence-electron chi connectivity index (χ2n) is 4.09. The first kappa shape index (κ1) is 13.9. The molecule has 0 spiro atoms. The number of carbonyl (C=O) groups excluding carboxylic acids is 1. The number of rotatable bonds is 6. The zero-order chi connectivity index (χ0) is 12.0. The maximum atomic E-state index is 11.2. The molecule has 0 aromatic carbocycles. The van der Waals surface area contributed by atoms with Gasteiger partial charge in [-0.15, -0.1) is 0 Å². The van der Waals surface area contributed by atoms with Crippen molar-refractivity contribution in [1.82, 2.24) is 5.32 Å². The molecule has 1 amide bonds. The smallest absolute Gasteiger partial charge is 0.315 e. The average molecular weight is 217 g/mol. The van der Waals surface area contributed by atoms with Crippen LogP contribution in [-0.4, -0.2) is 34.7 Å². The topological polar surface area (TPSA) is 86.6 Å². The normalized spacial score (nSPS) is 14.7. The van der Waals surface area contributed by atoms with E-state index in [-0.39, 0.29) is 6.54 Å². The molecule has 0 saturated heterocycles. The van der Waals surface area contributed by atoms with Crippen molar-refractivity contribution in [2.45, 2.75) is 33.3 Å². The molecular weight excluding hydrogens is 198 g/mol. The van der Waals surface area contributed by atoms with Crippen molar-refractivity contribution in [3.05, 3.63) is 0 Å². The molecule has 0 aliphatic heterocycles. The number of hydrogen-bond acceptors (Lipinski definition) is 3. The molecule has 5 heteroatoms. The van der Waals surface area contributed by atoms with E-state index in [4.69, 9.17) is 5.11 Å². The van der Waals surface area contributed by atoms with Gasteiger partial charge in [0.15, 0.2) is 0 Å². The highest BCUT2D eigenvalue weighted by Gasteiger charge is 2.20. The third-order valence-electron chi connectivity index (χ3n) is 2.02. The molecular formula is C10H19NO4. The Kier molecular flexibility index (Phi) is 5.93. The fraction of sp³-hybridized carbons (Fsp3) is 0.800. The lowest BCUT2D eigenvalue weighted by Crippen LogP contribution is -2.38. The van der Waals surface area contributed by atoms with E-state index in [1.54, 1.807) is 0 Å². The number of nitrogens with one attached hydrogen (secondary N) is 1. The Labute approximate surface area is 89.5 Å². The molecule has 0 bridgehead atoms. The summed E-state index contributed by atoms with van der Waals surface area (Å²) in [5.74, 6) is -2.46. The van der Waals surface area contributed by atoms with Crippen LogP contribution in [0, 0.1) is 11.8 Å². The highest BCUT2D eigenvalue weighted by molar-refractivity contribution is 5.96. The molecule has 0 aliphatic carbocycles. The van der Waals surface area contributed by atoms with Gasteiger partial charge in [0.2, 0.25) is 5.91 Å². The van der Waals surface area contributed by atoms with Crippen molar-refractivity contribution in [1.29, 1.82) is 0 Å². The van der Waals surface area contributed by atoms with Crippen LogP contribution in [0.2, 0.25) is 0 Å². The van der Waals surface area contributed by atoms with Crippen LogP contribution in [0.1, 0.15) is 27.2 Å².